The highest BCUT2D eigenvalue weighted by molar-refractivity contribution is 5.89. The molecule has 0 spiro atoms. The number of fused-ring (bicyclic) bond motifs is 5. The molecule has 4 aliphatic carbocycles. The largest absolute Gasteiger partial charge is 0.388 e. The number of hydrogen-bond acceptors (Lipinski definition) is 4. The van der Waals surface area contributed by atoms with Gasteiger partial charge in [-0.1, -0.05) is 25.5 Å². The standard InChI is InChI=1S/C21H30O4/c1-19-8-5-14(23)11-13(19)3-4-15-16(19)6-9-20(2)17(15)7-10-21(20,25)18(24)12-22/h3,15-17,22,25H,4-12H2,1-2H3/t15?,16?,17?,19-,20-,21-/m0/s1. The van der Waals surface area contributed by atoms with Crippen LogP contribution in [0.15, 0.2) is 11.6 Å². The van der Waals surface area contributed by atoms with E-state index in [2.05, 4.69) is 19.9 Å². The molecule has 0 aromatic carbocycles. The molecule has 0 radical (unpaired) electrons. The fourth-order valence-electron chi connectivity index (χ4n) is 7.08. The molecule has 0 bridgehead atoms. The number of rotatable bonds is 2. The molecule has 6 atom stereocenters. The molecule has 0 aliphatic heterocycles. The molecule has 0 saturated heterocycles. The quantitative estimate of drug-likeness (QED) is 0.754. The van der Waals surface area contributed by atoms with Gasteiger partial charge >= 0.3 is 0 Å². The molecule has 3 fully saturated rings. The highest BCUT2D eigenvalue weighted by Gasteiger charge is 2.65. The summed E-state index contributed by atoms with van der Waals surface area (Å²) in [7, 11) is 0. The van der Waals surface area contributed by atoms with Crippen molar-refractivity contribution in [1.82, 2.24) is 0 Å². The molecule has 0 aromatic heterocycles. The minimum Gasteiger partial charge on any atom is -0.388 e. The first-order valence-electron chi connectivity index (χ1n) is 9.84. The number of aliphatic hydroxyl groups excluding tert-OH is 1. The van der Waals surface area contributed by atoms with Gasteiger partial charge in [0.15, 0.2) is 5.78 Å². The van der Waals surface area contributed by atoms with Gasteiger partial charge in [-0.15, -0.1) is 0 Å². The molecule has 25 heavy (non-hydrogen) atoms. The molecule has 0 aromatic rings. The van der Waals surface area contributed by atoms with Crippen molar-refractivity contribution in [3.05, 3.63) is 11.6 Å². The van der Waals surface area contributed by atoms with E-state index in [0.29, 0.717) is 42.8 Å². The van der Waals surface area contributed by atoms with E-state index in [-0.39, 0.29) is 5.41 Å². The van der Waals surface area contributed by atoms with Gasteiger partial charge in [-0.25, -0.2) is 0 Å². The zero-order valence-electron chi connectivity index (χ0n) is 15.4. The molecule has 4 nitrogen and oxygen atoms in total. The molecule has 4 rings (SSSR count). The smallest absolute Gasteiger partial charge is 0.190 e. The Labute approximate surface area is 149 Å². The first kappa shape index (κ1) is 17.4. The van der Waals surface area contributed by atoms with Gasteiger partial charge in [-0.05, 0) is 61.7 Å². The van der Waals surface area contributed by atoms with Crippen molar-refractivity contribution in [3.63, 3.8) is 0 Å². The lowest BCUT2D eigenvalue weighted by atomic mass is 9.47. The maximum atomic E-state index is 12.3. The zero-order valence-corrected chi connectivity index (χ0v) is 15.4. The predicted octanol–water partition coefficient (Wildman–Crippen LogP) is 2.81. The number of aliphatic hydroxyl groups is 2. The van der Waals surface area contributed by atoms with E-state index < -0.39 is 23.4 Å². The fraction of sp³-hybridized carbons (Fsp3) is 0.810. The number of allylic oxidation sites excluding steroid dienone is 2. The number of hydrogen-bond donors (Lipinski definition) is 2. The minimum absolute atomic E-state index is 0.111. The van der Waals surface area contributed by atoms with E-state index in [1.165, 1.54) is 5.57 Å². The second kappa shape index (κ2) is 5.50. The van der Waals surface area contributed by atoms with Crippen LogP contribution in [0.3, 0.4) is 0 Å². The Morgan fingerprint density at radius 1 is 1.20 bits per heavy atom. The minimum atomic E-state index is -1.37. The van der Waals surface area contributed by atoms with Crippen molar-refractivity contribution in [2.24, 2.45) is 28.6 Å². The van der Waals surface area contributed by atoms with Gasteiger partial charge in [0, 0.05) is 18.3 Å². The molecule has 0 amide bonds. The average molecular weight is 346 g/mol. The topological polar surface area (TPSA) is 74.6 Å². The first-order chi connectivity index (χ1) is 11.8. The summed E-state index contributed by atoms with van der Waals surface area (Å²) in [5.74, 6) is 1.30. The van der Waals surface area contributed by atoms with E-state index >= 15 is 0 Å². The first-order valence-corrected chi connectivity index (χ1v) is 9.84. The second-order valence-corrected chi connectivity index (χ2v) is 9.41. The molecule has 3 unspecified atom stereocenters. The molecule has 3 saturated carbocycles. The van der Waals surface area contributed by atoms with Crippen molar-refractivity contribution in [3.8, 4) is 0 Å². The van der Waals surface area contributed by atoms with E-state index in [1.54, 1.807) is 0 Å². The predicted molar refractivity (Wildman–Crippen MR) is 93.8 cm³/mol. The maximum Gasteiger partial charge on any atom is 0.190 e. The fourth-order valence-corrected chi connectivity index (χ4v) is 7.08. The lowest BCUT2D eigenvalue weighted by Crippen LogP contribution is -2.57. The van der Waals surface area contributed by atoms with Crippen LogP contribution in [-0.2, 0) is 9.59 Å². The molecule has 0 heterocycles. The normalized spacial score (nSPS) is 49.0. The Morgan fingerprint density at radius 2 is 1.92 bits per heavy atom. The van der Waals surface area contributed by atoms with E-state index in [0.717, 1.165) is 32.1 Å². The Hall–Kier alpha value is -1.00. The number of Topliss-reactive ketones (excluding diaryl/α,β-unsaturated/α-hetero) is 2. The Kier molecular flexibility index (Phi) is 3.83. The number of ketones is 2. The Morgan fingerprint density at radius 3 is 2.64 bits per heavy atom. The Bertz CT molecular complexity index is 652. The number of carbonyl (C=O) groups is 2. The highest BCUT2D eigenvalue weighted by atomic mass is 16.3. The van der Waals surface area contributed by atoms with E-state index in [1.807, 2.05) is 0 Å². The SMILES string of the molecule is C[C@]12CCC(=O)CC1=CCC1C2CC[C@@]2(C)C1CC[C@]2(O)C(=O)CO. The third kappa shape index (κ3) is 2.13. The molecule has 4 aliphatic rings. The van der Waals surface area contributed by atoms with Gasteiger partial charge in [0.05, 0.1) is 0 Å². The summed E-state index contributed by atoms with van der Waals surface area (Å²) in [5, 5.41) is 20.5. The van der Waals surface area contributed by atoms with Crippen LogP contribution in [0.2, 0.25) is 0 Å². The third-order valence-corrected chi connectivity index (χ3v) is 8.69. The van der Waals surface area contributed by atoms with Crippen LogP contribution in [0.25, 0.3) is 0 Å². The summed E-state index contributed by atoms with van der Waals surface area (Å²) >= 11 is 0. The van der Waals surface area contributed by atoms with Crippen LogP contribution < -0.4 is 0 Å². The van der Waals surface area contributed by atoms with E-state index in [9.17, 15) is 19.8 Å². The van der Waals surface area contributed by atoms with Crippen LogP contribution in [0.4, 0.5) is 0 Å². The summed E-state index contributed by atoms with van der Waals surface area (Å²) in [6.45, 7) is 3.84. The third-order valence-electron chi connectivity index (χ3n) is 8.69. The molecule has 4 heteroatoms. The van der Waals surface area contributed by atoms with E-state index in [4.69, 9.17) is 0 Å². The summed E-state index contributed by atoms with van der Waals surface area (Å²) in [5.41, 5.74) is -0.349. The molecule has 138 valence electrons. The van der Waals surface area contributed by atoms with Crippen LogP contribution in [0.5, 0.6) is 0 Å². The van der Waals surface area contributed by atoms with Gasteiger partial charge in [0.25, 0.3) is 0 Å². The molecular weight excluding hydrogens is 316 g/mol. The lowest BCUT2D eigenvalue weighted by molar-refractivity contribution is -0.163. The summed E-state index contributed by atoms with van der Waals surface area (Å²) in [6, 6.07) is 0. The van der Waals surface area contributed by atoms with Crippen LogP contribution in [0.1, 0.15) is 65.2 Å². The van der Waals surface area contributed by atoms with Crippen LogP contribution in [0, 0.1) is 28.6 Å². The lowest BCUT2D eigenvalue weighted by Gasteiger charge is -2.58. The van der Waals surface area contributed by atoms with Gasteiger partial charge in [0.2, 0.25) is 0 Å². The summed E-state index contributed by atoms with van der Waals surface area (Å²) in [4.78, 5) is 24.2. The van der Waals surface area contributed by atoms with Gasteiger partial charge in [-0.2, -0.15) is 0 Å². The van der Waals surface area contributed by atoms with Crippen molar-refractivity contribution in [2.75, 3.05) is 6.61 Å². The van der Waals surface area contributed by atoms with Crippen molar-refractivity contribution < 1.29 is 19.8 Å². The summed E-state index contributed by atoms with van der Waals surface area (Å²) < 4.78 is 0. The zero-order chi connectivity index (χ0) is 18.0. The average Bonchev–Trinajstić information content (AvgIpc) is 2.87. The van der Waals surface area contributed by atoms with Crippen molar-refractivity contribution in [2.45, 2.75) is 70.8 Å². The maximum absolute atomic E-state index is 12.3. The van der Waals surface area contributed by atoms with Crippen molar-refractivity contribution >= 4 is 11.6 Å². The molecular formula is C21H30O4. The van der Waals surface area contributed by atoms with Gasteiger partial charge in [0.1, 0.15) is 18.0 Å². The molecule has 2 N–H and O–H groups in total. The highest BCUT2D eigenvalue weighted by Crippen LogP contribution is 2.67. The van der Waals surface area contributed by atoms with Gasteiger partial charge in [-0.3, -0.25) is 9.59 Å². The summed E-state index contributed by atoms with van der Waals surface area (Å²) in [6.07, 6.45) is 8.68. The Balaban J connectivity index is 1.69. The van der Waals surface area contributed by atoms with Crippen LogP contribution >= 0.6 is 0 Å². The van der Waals surface area contributed by atoms with Crippen LogP contribution in [-0.4, -0.2) is 34.0 Å². The van der Waals surface area contributed by atoms with Gasteiger partial charge < -0.3 is 10.2 Å². The second-order valence-electron chi connectivity index (χ2n) is 9.41. The number of carbonyl (C=O) groups excluding carboxylic acids is 2. The van der Waals surface area contributed by atoms with Crippen molar-refractivity contribution in [1.29, 1.82) is 0 Å². The monoisotopic (exact) mass is 346 g/mol.